The lowest BCUT2D eigenvalue weighted by Gasteiger charge is -2.13. The van der Waals surface area contributed by atoms with Crippen LogP contribution in [-0.4, -0.2) is 21.5 Å². The molecule has 6 nitrogen and oxygen atoms in total. The van der Waals surface area contributed by atoms with Crippen LogP contribution < -0.4 is 11.1 Å². The molecular formula is C14H10N4O2. The summed E-state index contributed by atoms with van der Waals surface area (Å²) < 4.78 is 0. The Bertz CT molecular complexity index is 738. The maximum Gasteiger partial charge on any atom is 0.227 e. The van der Waals surface area contributed by atoms with Crippen LogP contribution in [0.1, 0.15) is 20.8 Å². The minimum Gasteiger partial charge on any atom is -0.395 e. The second-order valence-corrected chi connectivity index (χ2v) is 4.23. The van der Waals surface area contributed by atoms with Gasteiger partial charge in [-0.3, -0.25) is 9.59 Å². The van der Waals surface area contributed by atoms with Gasteiger partial charge >= 0.3 is 0 Å². The van der Waals surface area contributed by atoms with E-state index in [-0.39, 0.29) is 22.7 Å². The number of carbonyl (C=O) groups excluding carboxylic acids is 2. The largest absolute Gasteiger partial charge is 0.395 e. The summed E-state index contributed by atoms with van der Waals surface area (Å²) in [6.07, 6.45) is 2.76. The first-order valence-corrected chi connectivity index (χ1v) is 5.90. The van der Waals surface area contributed by atoms with E-state index in [0.29, 0.717) is 11.6 Å². The number of ketones is 2. The lowest BCUT2D eigenvalue weighted by molar-refractivity contribution is 0.0979. The third kappa shape index (κ3) is 2.03. The van der Waals surface area contributed by atoms with Crippen molar-refractivity contribution < 1.29 is 9.59 Å². The number of rotatable bonds is 2. The first kappa shape index (κ1) is 12.0. The molecule has 0 unspecified atom stereocenters. The SMILES string of the molecule is NC1=CC(=O)c2ccc(Nc3ccccn3)nc2C1=O. The third-order valence-corrected chi connectivity index (χ3v) is 2.85. The fourth-order valence-corrected chi connectivity index (χ4v) is 1.89. The number of fused-ring (bicyclic) bond motifs is 1. The van der Waals surface area contributed by atoms with Crippen LogP contribution in [0.3, 0.4) is 0 Å². The van der Waals surface area contributed by atoms with Crippen molar-refractivity contribution in [2.45, 2.75) is 0 Å². The van der Waals surface area contributed by atoms with Gasteiger partial charge < -0.3 is 11.1 Å². The fourth-order valence-electron chi connectivity index (χ4n) is 1.89. The highest BCUT2D eigenvalue weighted by molar-refractivity contribution is 6.23. The number of allylic oxidation sites excluding steroid dienone is 2. The monoisotopic (exact) mass is 266 g/mol. The Balaban J connectivity index is 1.98. The summed E-state index contributed by atoms with van der Waals surface area (Å²) in [6, 6.07) is 8.55. The highest BCUT2D eigenvalue weighted by atomic mass is 16.1. The van der Waals surface area contributed by atoms with Crippen LogP contribution in [0, 0.1) is 0 Å². The zero-order valence-corrected chi connectivity index (χ0v) is 10.3. The summed E-state index contributed by atoms with van der Waals surface area (Å²) in [7, 11) is 0. The molecule has 20 heavy (non-hydrogen) atoms. The average molecular weight is 266 g/mol. The van der Waals surface area contributed by atoms with E-state index < -0.39 is 5.78 Å². The van der Waals surface area contributed by atoms with Gasteiger partial charge in [-0.1, -0.05) is 6.07 Å². The van der Waals surface area contributed by atoms with Gasteiger partial charge in [0.05, 0.1) is 11.3 Å². The number of nitrogens with one attached hydrogen (secondary N) is 1. The average Bonchev–Trinajstić information content (AvgIpc) is 2.46. The van der Waals surface area contributed by atoms with Crippen molar-refractivity contribution in [1.29, 1.82) is 0 Å². The number of Topliss-reactive ketones (excluding diaryl/α,β-unsaturated/α-hetero) is 1. The van der Waals surface area contributed by atoms with Crippen molar-refractivity contribution in [3.63, 3.8) is 0 Å². The molecular weight excluding hydrogens is 256 g/mol. The van der Waals surface area contributed by atoms with E-state index in [2.05, 4.69) is 15.3 Å². The maximum atomic E-state index is 11.9. The molecule has 0 atom stereocenters. The summed E-state index contributed by atoms with van der Waals surface area (Å²) >= 11 is 0. The minimum atomic E-state index is -0.440. The molecule has 3 rings (SSSR count). The molecule has 0 amide bonds. The second kappa shape index (κ2) is 4.58. The van der Waals surface area contributed by atoms with Gasteiger partial charge in [0.25, 0.3) is 0 Å². The third-order valence-electron chi connectivity index (χ3n) is 2.85. The zero-order chi connectivity index (χ0) is 14.1. The number of pyridine rings is 2. The molecule has 0 spiro atoms. The number of hydrogen-bond donors (Lipinski definition) is 2. The predicted octanol–water partition coefficient (Wildman–Crippen LogP) is 1.44. The Morgan fingerprint density at radius 2 is 1.90 bits per heavy atom. The number of hydrogen-bond acceptors (Lipinski definition) is 6. The quantitative estimate of drug-likeness (QED) is 0.853. The topological polar surface area (TPSA) is 98.0 Å². The number of carbonyl (C=O) groups is 2. The van der Waals surface area contributed by atoms with E-state index in [0.717, 1.165) is 6.08 Å². The van der Waals surface area contributed by atoms with E-state index in [9.17, 15) is 9.59 Å². The normalized spacial score (nSPS) is 13.7. The van der Waals surface area contributed by atoms with Crippen LogP contribution in [0.4, 0.5) is 11.6 Å². The molecule has 2 aromatic heterocycles. The van der Waals surface area contributed by atoms with Crippen molar-refractivity contribution in [1.82, 2.24) is 9.97 Å². The van der Waals surface area contributed by atoms with Crippen LogP contribution in [-0.2, 0) is 0 Å². The van der Waals surface area contributed by atoms with Gasteiger partial charge in [0, 0.05) is 12.3 Å². The van der Waals surface area contributed by atoms with Gasteiger partial charge in [-0.2, -0.15) is 0 Å². The van der Waals surface area contributed by atoms with Crippen LogP contribution in [0.15, 0.2) is 48.3 Å². The van der Waals surface area contributed by atoms with Crippen LogP contribution in [0.2, 0.25) is 0 Å². The number of nitrogens with zero attached hydrogens (tertiary/aromatic N) is 2. The van der Waals surface area contributed by atoms with E-state index in [1.54, 1.807) is 30.5 Å². The Hall–Kier alpha value is -3.02. The van der Waals surface area contributed by atoms with E-state index in [1.807, 2.05) is 6.07 Å². The summed E-state index contributed by atoms with van der Waals surface area (Å²) in [5, 5.41) is 2.96. The lowest BCUT2D eigenvalue weighted by Crippen LogP contribution is -2.23. The molecule has 0 aliphatic heterocycles. The molecule has 2 heterocycles. The summed E-state index contributed by atoms with van der Waals surface area (Å²) in [5.41, 5.74) is 5.74. The van der Waals surface area contributed by atoms with Gasteiger partial charge in [0.15, 0.2) is 5.78 Å². The van der Waals surface area contributed by atoms with Crippen molar-refractivity contribution >= 4 is 23.2 Å². The van der Waals surface area contributed by atoms with Gasteiger partial charge in [-0.15, -0.1) is 0 Å². The van der Waals surface area contributed by atoms with Gasteiger partial charge in [0.2, 0.25) is 5.78 Å². The molecule has 0 bridgehead atoms. The molecule has 0 radical (unpaired) electrons. The predicted molar refractivity (Wildman–Crippen MR) is 72.7 cm³/mol. The molecule has 0 fully saturated rings. The van der Waals surface area contributed by atoms with Gasteiger partial charge in [-0.25, -0.2) is 9.97 Å². The molecule has 98 valence electrons. The first-order chi connectivity index (χ1) is 9.65. The number of anilines is 2. The Kier molecular flexibility index (Phi) is 2.76. The zero-order valence-electron chi connectivity index (χ0n) is 10.3. The molecule has 0 saturated heterocycles. The highest BCUT2D eigenvalue weighted by Crippen LogP contribution is 2.21. The van der Waals surface area contributed by atoms with E-state index in [4.69, 9.17) is 5.73 Å². The minimum absolute atomic E-state index is 0.0657. The molecule has 0 saturated carbocycles. The lowest BCUT2D eigenvalue weighted by atomic mass is 9.98. The van der Waals surface area contributed by atoms with Crippen molar-refractivity contribution in [2.75, 3.05) is 5.32 Å². The van der Waals surface area contributed by atoms with Crippen molar-refractivity contribution in [3.8, 4) is 0 Å². The van der Waals surface area contributed by atoms with Crippen LogP contribution in [0.5, 0.6) is 0 Å². The molecule has 2 aromatic rings. The number of aromatic nitrogens is 2. The Morgan fingerprint density at radius 3 is 2.65 bits per heavy atom. The van der Waals surface area contributed by atoms with E-state index >= 15 is 0 Å². The fraction of sp³-hybridized carbons (Fsp3) is 0. The molecule has 1 aliphatic carbocycles. The summed E-state index contributed by atoms with van der Waals surface area (Å²) in [6.45, 7) is 0. The molecule has 6 heteroatoms. The molecule has 0 aromatic carbocycles. The Labute approximate surface area is 114 Å². The number of nitrogens with two attached hydrogens (primary N) is 1. The van der Waals surface area contributed by atoms with Crippen LogP contribution in [0.25, 0.3) is 0 Å². The van der Waals surface area contributed by atoms with Gasteiger partial charge in [-0.05, 0) is 24.3 Å². The first-order valence-electron chi connectivity index (χ1n) is 5.90. The van der Waals surface area contributed by atoms with Crippen molar-refractivity contribution in [3.05, 3.63) is 59.6 Å². The maximum absolute atomic E-state index is 11.9. The molecule has 3 N–H and O–H groups in total. The van der Waals surface area contributed by atoms with E-state index in [1.165, 1.54) is 0 Å². The standard InChI is InChI=1S/C14H10N4O2/c15-9-7-10(19)8-4-5-12(18-13(8)14(9)20)17-11-3-1-2-6-16-11/h1-7H,15H2,(H,16,17,18). The highest BCUT2D eigenvalue weighted by Gasteiger charge is 2.25. The second-order valence-electron chi connectivity index (χ2n) is 4.23. The summed E-state index contributed by atoms with van der Waals surface area (Å²) in [4.78, 5) is 31.9. The Morgan fingerprint density at radius 1 is 1.05 bits per heavy atom. The van der Waals surface area contributed by atoms with Gasteiger partial charge in [0.1, 0.15) is 17.3 Å². The summed E-state index contributed by atoms with van der Waals surface area (Å²) in [5.74, 6) is 0.273. The van der Waals surface area contributed by atoms with Crippen molar-refractivity contribution in [2.24, 2.45) is 5.73 Å². The molecule has 1 aliphatic rings. The van der Waals surface area contributed by atoms with Crippen LogP contribution >= 0.6 is 0 Å². The smallest absolute Gasteiger partial charge is 0.227 e.